The molecule has 0 aliphatic heterocycles. The van der Waals surface area contributed by atoms with Crippen molar-refractivity contribution in [2.45, 2.75) is 6.61 Å². The highest BCUT2D eigenvalue weighted by Crippen LogP contribution is 2.34. The molecule has 0 bridgehead atoms. The van der Waals surface area contributed by atoms with Gasteiger partial charge in [0.25, 0.3) is 5.56 Å². The Balaban J connectivity index is 1.60. The maximum Gasteiger partial charge on any atom is 0.412 e. The molecule has 0 aliphatic rings. The molecule has 1 N–H and O–H groups in total. The Morgan fingerprint density at radius 3 is 2.17 bits per heavy atom. The molecule has 0 fully saturated rings. The molecule has 3 aromatic carbocycles. The third-order valence-electron chi connectivity index (χ3n) is 5.52. The lowest BCUT2D eigenvalue weighted by Crippen LogP contribution is -2.26. The number of amides is 1. The number of fused-ring (bicyclic) bond motifs is 1. The highest BCUT2D eigenvalue weighted by molar-refractivity contribution is 5.89. The molecule has 8 heteroatoms. The number of nitriles is 1. The van der Waals surface area contributed by atoms with Crippen LogP contribution in [0.4, 0.5) is 10.5 Å². The van der Waals surface area contributed by atoms with Gasteiger partial charge in [-0.05, 0) is 11.1 Å². The van der Waals surface area contributed by atoms with Gasteiger partial charge < -0.3 is 4.74 Å². The van der Waals surface area contributed by atoms with Crippen LogP contribution in [-0.4, -0.2) is 20.7 Å². The van der Waals surface area contributed by atoms with Crippen LogP contribution >= 0.6 is 0 Å². The zero-order valence-electron chi connectivity index (χ0n) is 19.0. The summed E-state index contributed by atoms with van der Waals surface area (Å²) in [4.78, 5) is 30.0. The molecular weight excluding hydrogens is 454 g/mol. The van der Waals surface area contributed by atoms with E-state index >= 15 is 0 Å². The predicted octanol–water partition coefficient (Wildman–Crippen LogP) is 5.04. The third kappa shape index (κ3) is 4.41. The van der Waals surface area contributed by atoms with E-state index in [1.165, 1.54) is 6.20 Å². The number of aromatic nitrogens is 3. The second-order valence-corrected chi connectivity index (χ2v) is 7.84. The molecule has 8 nitrogen and oxygen atoms in total. The Morgan fingerprint density at radius 1 is 0.917 bits per heavy atom. The van der Waals surface area contributed by atoms with Crippen LogP contribution in [0.2, 0.25) is 0 Å². The first kappa shape index (κ1) is 22.5. The first-order chi connectivity index (χ1) is 17.7. The molecule has 1 amide bonds. The number of benzene rings is 3. The number of hydrogen-bond acceptors (Lipinski definition) is 6. The summed E-state index contributed by atoms with van der Waals surface area (Å²) >= 11 is 0. The molecule has 0 saturated heterocycles. The van der Waals surface area contributed by atoms with Crippen molar-refractivity contribution in [3.05, 3.63) is 119 Å². The Bertz CT molecular complexity index is 1640. The molecule has 2 aromatic heterocycles. The molecule has 0 aliphatic carbocycles. The smallest absolute Gasteiger partial charge is 0.412 e. The van der Waals surface area contributed by atoms with Crippen molar-refractivity contribution < 1.29 is 9.53 Å². The van der Waals surface area contributed by atoms with E-state index in [1.807, 2.05) is 91.0 Å². The van der Waals surface area contributed by atoms with E-state index in [9.17, 15) is 14.9 Å². The van der Waals surface area contributed by atoms with Crippen molar-refractivity contribution in [1.29, 1.82) is 5.26 Å². The average molecular weight is 473 g/mol. The van der Waals surface area contributed by atoms with E-state index in [-0.39, 0.29) is 23.5 Å². The van der Waals surface area contributed by atoms with Gasteiger partial charge in [0.15, 0.2) is 5.65 Å². The average Bonchev–Trinajstić information content (AvgIpc) is 2.94. The fourth-order valence-corrected chi connectivity index (χ4v) is 3.83. The fraction of sp³-hybridized carbons (Fsp3) is 0.0357. The molecule has 0 radical (unpaired) electrons. The van der Waals surface area contributed by atoms with Crippen LogP contribution in [0, 0.1) is 11.3 Å². The molecule has 0 spiro atoms. The molecule has 36 heavy (non-hydrogen) atoms. The first-order valence-electron chi connectivity index (χ1n) is 11.1. The Kier molecular flexibility index (Phi) is 6.19. The van der Waals surface area contributed by atoms with Crippen molar-refractivity contribution in [2.24, 2.45) is 0 Å². The minimum atomic E-state index is -0.803. The van der Waals surface area contributed by atoms with Gasteiger partial charge in [0.2, 0.25) is 0 Å². The number of carbonyl (C=O) groups excluding carboxylic acids is 1. The second-order valence-electron chi connectivity index (χ2n) is 7.84. The van der Waals surface area contributed by atoms with E-state index in [1.54, 1.807) is 0 Å². The minimum absolute atomic E-state index is 0.0461. The molecule has 0 unspecified atom stereocenters. The van der Waals surface area contributed by atoms with E-state index in [0.29, 0.717) is 11.3 Å². The van der Waals surface area contributed by atoms with Crippen molar-refractivity contribution >= 4 is 17.4 Å². The number of ether oxygens (including phenoxy) is 1. The number of carbonyl (C=O) groups is 1. The number of nitrogens with zero attached hydrogens (tertiary/aromatic N) is 4. The molecule has 2 heterocycles. The van der Waals surface area contributed by atoms with Gasteiger partial charge in [-0.15, -0.1) is 0 Å². The lowest BCUT2D eigenvalue weighted by atomic mass is 9.96. The van der Waals surface area contributed by atoms with Crippen LogP contribution in [0.1, 0.15) is 11.1 Å². The van der Waals surface area contributed by atoms with Gasteiger partial charge in [0.1, 0.15) is 29.6 Å². The number of anilines is 1. The number of hydrogen-bond donors (Lipinski definition) is 1. The maximum atomic E-state index is 13.3. The molecular formula is C28H19N5O3. The molecule has 0 saturated carbocycles. The summed E-state index contributed by atoms with van der Waals surface area (Å²) in [7, 11) is 0. The van der Waals surface area contributed by atoms with Crippen LogP contribution < -0.4 is 10.9 Å². The van der Waals surface area contributed by atoms with Crippen LogP contribution in [0.3, 0.4) is 0 Å². The monoisotopic (exact) mass is 473 g/mol. The molecule has 5 rings (SSSR count). The SMILES string of the molecule is N#Cc1c(-c2ccccc2)c(-c2ccccc2)nn2c(=O)c(NC(=O)OCc3ccccc3)cnc12. The standard InChI is InChI=1S/C28H19N5O3/c29-16-22-24(20-12-6-2-7-13-20)25(21-14-8-3-9-15-21)32-33-26(22)30-17-23(27(33)34)31-28(35)36-18-19-10-4-1-5-11-19/h1-15,17H,18H2,(H,31,35). The van der Waals surface area contributed by atoms with E-state index in [4.69, 9.17) is 4.74 Å². The van der Waals surface area contributed by atoms with Gasteiger partial charge in [-0.1, -0.05) is 91.0 Å². The Hall–Kier alpha value is -5.29. The summed E-state index contributed by atoms with van der Waals surface area (Å²) in [6, 6.07) is 30.0. The zero-order valence-corrected chi connectivity index (χ0v) is 19.0. The van der Waals surface area contributed by atoms with Gasteiger partial charge in [-0.3, -0.25) is 10.1 Å². The molecule has 174 valence electrons. The normalized spacial score (nSPS) is 10.5. The number of rotatable bonds is 5. The summed E-state index contributed by atoms with van der Waals surface area (Å²) in [5, 5.41) is 17.1. The summed E-state index contributed by atoms with van der Waals surface area (Å²) in [5.74, 6) is 0. The van der Waals surface area contributed by atoms with Crippen molar-refractivity contribution in [1.82, 2.24) is 14.6 Å². The highest BCUT2D eigenvalue weighted by Gasteiger charge is 2.21. The quantitative estimate of drug-likeness (QED) is 0.383. The van der Waals surface area contributed by atoms with Crippen LogP contribution in [0.15, 0.2) is 102 Å². The number of nitrogens with one attached hydrogen (secondary N) is 1. The molecule has 5 aromatic rings. The highest BCUT2D eigenvalue weighted by atomic mass is 16.5. The minimum Gasteiger partial charge on any atom is -0.444 e. The van der Waals surface area contributed by atoms with Crippen LogP contribution in [-0.2, 0) is 11.3 Å². The summed E-state index contributed by atoms with van der Waals surface area (Å²) < 4.78 is 6.26. The fourth-order valence-electron chi connectivity index (χ4n) is 3.83. The molecule has 0 atom stereocenters. The van der Waals surface area contributed by atoms with E-state index in [0.717, 1.165) is 21.2 Å². The lowest BCUT2D eigenvalue weighted by Gasteiger charge is -2.14. The predicted molar refractivity (Wildman–Crippen MR) is 135 cm³/mol. The van der Waals surface area contributed by atoms with E-state index < -0.39 is 11.7 Å². The van der Waals surface area contributed by atoms with Crippen LogP contribution in [0.25, 0.3) is 28.0 Å². The van der Waals surface area contributed by atoms with Gasteiger partial charge in [-0.25, -0.2) is 9.78 Å². The van der Waals surface area contributed by atoms with Gasteiger partial charge in [0, 0.05) is 11.1 Å². The van der Waals surface area contributed by atoms with Gasteiger partial charge >= 0.3 is 6.09 Å². The first-order valence-corrected chi connectivity index (χ1v) is 11.1. The van der Waals surface area contributed by atoms with Crippen molar-refractivity contribution in [2.75, 3.05) is 5.32 Å². The van der Waals surface area contributed by atoms with Gasteiger partial charge in [-0.2, -0.15) is 14.9 Å². The summed E-state index contributed by atoms with van der Waals surface area (Å²) in [6.07, 6.45) is 0.406. The van der Waals surface area contributed by atoms with Crippen molar-refractivity contribution in [3.8, 4) is 28.5 Å². The summed E-state index contributed by atoms with van der Waals surface area (Å²) in [6.45, 7) is 0.0461. The lowest BCUT2D eigenvalue weighted by molar-refractivity contribution is 0.155. The maximum absolute atomic E-state index is 13.3. The Labute approximate surface area is 206 Å². The Morgan fingerprint density at radius 2 is 1.53 bits per heavy atom. The van der Waals surface area contributed by atoms with E-state index in [2.05, 4.69) is 21.5 Å². The van der Waals surface area contributed by atoms with Crippen LogP contribution in [0.5, 0.6) is 0 Å². The van der Waals surface area contributed by atoms with Gasteiger partial charge in [0.05, 0.1) is 6.20 Å². The van der Waals surface area contributed by atoms with Crippen molar-refractivity contribution in [3.63, 3.8) is 0 Å². The second kappa shape index (κ2) is 9.91. The zero-order chi connectivity index (χ0) is 24.9. The third-order valence-corrected chi connectivity index (χ3v) is 5.52. The largest absolute Gasteiger partial charge is 0.444 e. The topological polar surface area (TPSA) is 109 Å². The summed E-state index contributed by atoms with van der Waals surface area (Å²) in [5.41, 5.74) is 2.85.